The molecule has 0 spiro atoms. The van der Waals surface area contributed by atoms with Crippen molar-refractivity contribution in [3.05, 3.63) is 23.9 Å². The number of carbonyl (C=O) groups excluding carboxylic acids is 2. The molecular formula is C19H26N4O6S2. The van der Waals surface area contributed by atoms with Gasteiger partial charge in [-0.25, -0.2) is 23.6 Å². The first-order valence-electron chi connectivity index (χ1n) is 9.60. The number of ether oxygens (including phenoxy) is 1. The number of aryl methyl sites for hydroxylation is 1. The minimum Gasteiger partial charge on any atom is -0.495 e. The number of benzene rings is 1. The molecule has 10 nitrogen and oxygen atoms in total. The van der Waals surface area contributed by atoms with E-state index in [-0.39, 0.29) is 29.5 Å². The van der Waals surface area contributed by atoms with Crippen molar-refractivity contribution in [2.24, 2.45) is 0 Å². The second kappa shape index (κ2) is 11.2. The smallest absolute Gasteiger partial charge is 0.244 e. The van der Waals surface area contributed by atoms with Crippen LogP contribution in [0.5, 0.6) is 5.75 Å². The first-order valence-corrected chi connectivity index (χ1v) is 11.9. The summed E-state index contributed by atoms with van der Waals surface area (Å²) in [4.78, 5) is 28.1. The monoisotopic (exact) mass is 470 g/mol. The van der Waals surface area contributed by atoms with E-state index in [9.17, 15) is 18.0 Å². The molecule has 0 aliphatic heterocycles. The Morgan fingerprint density at radius 2 is 1.97 bits per heavy atom. The van der Waals surface area contributed by atoms with Crippen molar-refractivity contribution in [2.45, 2.75) is 44.4 Å². The highest BCUT2D eigenvalue weighted by molar-refractivity contribution is 7.89. The van der Waals surface area contributed by atoms with Crippen molar-refractivity contribution in [1.29, 1.82) is 0 Å². The number of amides is 2. The van der Waals surface area contributed by atoms with Crippen LogP contribution in [-0.4, -0.2) is 44.1 Å². The largest absolute Gasteiger partial charge is 0.495 e. The van der Waals surface area contributed by atoms with E-state index >= 15 is 0 Å². The minimum absolute atomic E-state index is 0.0989. The van der Waals surface area contributed by atoms with Crippen molar-refractivity contribution in [3.63, 3.8) is 0 Å². The third-order valence-electron chi connectivity index (χ3n) is 4.28. The van der Waals surface area contributed by atoms with Crippen molar-refractivity contribution < 1.29 is 28.0 Å². The zero-order valence-electron chi connectivity index (χ0n) is 17.5. The molecule has 0 saturated carbocycles. The van der Waals surface area contributed by atoms with E-state index in [0.29, 0.717) is 27.7 Å². The summed E-state index contributed by atoms with van der Waals surface area (Å²) in [5, 5.41) is 11.7. The predicted octanol–water partition coefficient (Wildman–Crippen LogP) is 2.43. The third-order valence-corrected chi connectivity index (χ3v) is 6.89. The van der Waals surface area contributed by atoms with Gasteiger partial charge in [-0.2, -0.15) is 0 Å². The summed E-state index contributed by atoms with van der Waals surface area (Å²) < 4.78 is 33.0. The van der Waals surface area contributed by atoms with Crippen molar-refractivity contribution in [1.82, 2.24) is 15.2 Å². The van der Waals surface area contributed by atoms with Gasteiger partial charge in [0.25, 0.3) is 0 Å². The fraction of sp³-hybridized carbons (Fsp3) is 0.421. The molecule has 170 valence electrons. The van der Waals surface area contributed by atoms with Gasteiger partial charge in [-0.3, -0.25) is 14.8 Å². The van der Waals surface area contributed by atoms with E-state index in [4.69, 9.17) is 9.94 Å². The average Bonchev–Trinajstić information content (AvgIpc) is 3.11. The van der Waals surface area contributed by atoms with Crippen LogP contribution in [0.3, 0.4) is 0 Å². The van der Waals surface area contributed by atoms with E-state index in [1.54, 1.807) is 13.0 Å². The number of thiazole rings is 1. The van der Waals surface area contributed by atoms with Crippen LogP contribution in [-0.2, 0) is 19.6 Å². The van der Waals surface area contributed by atoms with E-state index in [2.05, 4.69) is 15.0 Å². The highest BCUT2D eigenvalue weighted by atomic mass is 32.2. The first kappa shape index (κ1) is 24.7. The summed E-state index contributed by atoms with van der Waals surface area (Å²) in [6.45, 7) is 3.58. The lowest BCUT2D eigenvalue weighted by molar-refractivity contribution is -0.129. The number of hydrogen-bond donors (Lipinski definition) is 4. The number of aromatic nitrogens is 1. The zero-order chi connectivity index (χ0) is 23.0. The number of sulfonamides is 1. The number of methoxy groups -OCH3 is 1. The molecule has 2 amide bonds. The molecule has 1 aromatic heterocycles. The van der Waals surface area contributed by atoms with Crippen LogP contribution in [0.15, 0.2) is 23.1 Å². The maximum absolute atomic E-state index is 12.7. The first-order chi connectivity index (χ1) is 14.7. The van der Waals surface area contributed by atoms with Crippen molar-refractivity contribution in [3.8, 4) is 16.2 Å². The molecule has 0 aliphatic rings. The summed E-state index contributed by atoms with van der Waals surface area (Å²) >= 11 is 1.25. The van der Waals surface area contributed by atoms with E-state index in [1.807, 2.05) is 6.92 Å². The number of hydroxylamine groups is 1. The lowest BCUT2D eigenvalue weighted by atomic mass is 10.1. The topological polar surface area (TPSA) is 147 Å². The quantitative estimate of drug-likeness (QED) is 0.291. The van der Waals surface area contributed by atoms with Gasteiger partial charge in [-0.05, 0) is 37.1 Å². The molecule has 1 aromatic carbocycles. The SMILES string of the molecule is CCCCC(=O)Nc1nc(C)c(-c2ccc(OC)c(S(=O)(=O)NCCC(=O)NO)c2)s1. The van der Waals surface area contributed by atoms with Gasteiger partial charge < -0.3 is 10.1 Å². The van der Waals surface area contributed by atoms with Crippen LogP contribution in [0, 0.1) is 6.92 Å². The predicted molar refractivity (Wildman–Crippen MR) is 117 cm³/mol. The van der Waals surface area contributed by atoms with Gasteiger partial charge in [0.15, 0.2) is 5.13 Å². The summed E-state index contributed by atoms with van der Waals surface area (Å²) in [5.74, 6) is -0.688. The Morgan fingerprint density at radius 1 is 1.23 bits per heavy atom. The Bertz CT molecular complexity index is 1040. The molecule has 12 heteroatoms. The molecule has 0 fully saturated rings. The normalized spacial score (nSPS) is 11.2. The highest BCUT2D eigenvalue weighted by Gasteiger charge is 2.22. The van der Waals surface area contributed by atoms with Gasteiger partial charge in [-0.15, -0.1) is 0 Å². The Kier molecular flexibility index (Phi) is 8.92. The van der Waals surface area contributed by atoms with Crippen LogP contribution in [0.1, 0.15) is 38.3 Å². The average molecular weight is 471 g/mol. The summed E-state index contributed by atoms with van der Waals surface area (Å²) in [6.07, 6.45) is 1.88. The highest BCUT2D eigenvalue weighted by Crippen LogP contribution is 2.36. The molecule has 31 heavy (non-hydrogen) atoms. The fourth-order valence-corrected chi connectivity index (χ4v) is 4.90. The van der Waals surface area contributed by atoms with Gasteiger partial charge in [0.1, 0.15) is 10.6 Å². The molecule has 0 atom stereocenters. The number of rotatable bonds is 11. The fourth-order valence-electron chi connectivity index (χ4n) is 2.70. The lowest BCUT2D eigenvalue weighted by Crippen LogP contribution is -2.29. The molecule has 0 bridgehead atoms. The van der Waals surface area contributed by atoms with Crippen LogP contribution >= 0.6 is 11.3 Å². The molecule has 0 saturated heterocycles. The number of anilines is 1. The maximum atomic E-state index is 12.7. The maximum Gasteiger partial charge on any atom is 0.244 e. The number of nitrogens with zero attached hydrogens (tertiary/aromatic N) is 1. The summed E-state index contributed by atoms with van der Waals surface area (Å²) in [6, 6.07) is 4.69. The van der Waals surface area contributed by atoms with Crippen molar-refractivity contribution >= 4 is 38.3 Å². The Morgan fingerprint density at radius 3 is 2.61 bits per heavy atom. The molecule has 2 rings (SSSR count). The minimum atomic E-state index is -3.99. The molecule has 0 aliphatic carbocycles. The van der Waals surface area contributed by atoms with Gasteiger partial charge in [-0.1, -0.05) is 24.7 Å². The summed E-state index contributed by atoms with van der Waals surface area (Å²) in [7, 11) is -2.64. The number of hydrogen-bond acceptors (Lipinski definition) is 8. The van der Waals surface area contributed by atoms with Crippen LogP contribution in [0.2, 0.25) is 0 Å². The van der Waals surface area contributed by atoms with Gasteiger partial charge in [0.2, 0.25) is 21.8 Å². The van der Waals surface area contributed by atoms with Crippen LogP contribution in [0.25, 0.3) is 10.4 Å². The van der Waals surface area contributed by atoms with E-state index in [0.717, 1.165) is 12.8 Å². The number of nitrogens with one attached hydrogen (secondary N) is 3. The van der Waals surface area contributed by atoms with Crippen molar-refractivity contribution in [2.75, 3.05) is 19.0 Å². The molecule has 2 aromatic rings. The number of unbranched alkanes of at least 4 members (excludes halogenated alkanes) is 1. The Balaban J connectivity index is 2.29. The standard InChI is InChI=1S/C19H26N4O6S2/c1-4-5-6-16(24)22-19-21-12(2)18(30-19)13-7-8-14(29-3)15(11-13)31(27,28)20-10-9-17(25)23-26/h7-8,11,20,26H,4-6,9-10H2,1-3H3,(H,23,25)(H,21,22,24). The van der Waals surface area contributed by atoms with Crippen LogP contribution < -0.4 is 20.3 Å². The van der Waals surface area contributed by atoms with E-state index in [1.165, 1.54) is 36.1 Å². The Labute approximate surface area is 185 Å². The molecular weight excluding hydrogens is 444 g/mol. The Hall–Kier alpha value is -2.54. The van der Waals surface area contributed by atoms with Crippen LogP contribution in [0.4, 0.5) is 5.13 Å². The van der Waals surface area contributed by atoms with Gasteiger partial charge >= 0.3 is 0 Å². The second-order valence-corrected chi connectivity index (χ2v) is 9.37. The summed E-state index contributed by atoms with van der Waals surface area (Å²) in [5.41, 5.74) is 2.69. The molecule has 0 radical (unpaired) electrons. The molecule has 0 unspecified atom stereocenters. The lowest BCUT2D eigenvalue weighted by Gasteiger charge is -2.12. The third kappa shape index (κ3) is 6.72. The molecule has 1 heterocycles. The van der Waals surface area contributed by atoms with Gasteiger partial charge in [0.05, 0.1) is 17.7 Å². The second-order valence-electron chi connectivity index (χ2n) is 6.63. The van der Waals surface area contributed by atoms with E-state index < -0.39 is 15.9 Å². The molecule has 4 N–H and O–H groups in total. The zero-order valence-corrected chi connectivity index (χ0v) is 19.2. The van der Waals surface area contributed by atoms with Gasteiger partial charge in [0, 0.05) is 19.4 Å². The number of carbonyl (C=O) groups is 2.